The number of nitrogens with zero attached hydrogens (tertiary/aromatic N) is 1. The highest BCUT2D eigenvalue weighted by atomic mass is 35.5. The highest BCUT2D eigenvalue weighted by Gasteiger charge is 2.41. The van der Waals surface area contributed by atoms with Gasteiger partial charge in [-0.15, -0.1) is 0 Å². The summed E-state index contributed by atoms with van der Waals surface area (Å²) >= 11 is 7.06. The fourth-order valence-electron chi connectivity index (χ4n) is 2.85. The Kier molecular flexibility index (Phi) is 5.38. The summed E-state index contributed by atoms with van der Waals surface area (Å²) in [6, 6.07) is 21.6. The first-order chi connectivity index (χ1) is 14.0. The highest BCUT2D eigenvalue weighted by Crippen LogP contribution is 2.38. The van der Waals surface area contributed by atoms with Gasteiger partial charge in [-0.1, -0.05) is 53.7 Å². The third-order valence-electron chi connectivity index (χ3n) is 4.21. The summed E-state index contributed by atoms with van der Waals surface area (Å²) < 4.78 is 14.3. The Bertz CT molecular complexity index is 1120. The van der Waals surface area contributed by atoms with E-state index in [4.69, 9.17) is 11.6 Å². The predicted octanol–water partition coefficient (Wildman–Crippen LogP) is 5.47. The first-order valence-electron chi connectivity index (χ1n) is 8.67. The lowest BCUT2D eigenvalue weighted by Gasteiger charge is -2.15. The third kappa shape index (κ3) is 3.90. The van der Waals surface area contributed by atoms with Crippen LogP contribution in [0, 0.1) is 5.82 Å². The molecule has 0 saturated carbocycles. The standard InChI is InChI=1S/C22H14ClFN2O2S/c23-14-10-12-16(13-11-14)29-20-19(25-15-6-2-1-3-7-15)21(27)26(22(20)28)18-9-5-4-8-17(18)24/h1-13,25H. The fourth-order valence-corrected chi connectivity index (χ4v) is 3.91. The number of thioether (sulfide) groups is 1. The van der Waals surface area contributed by atoms with Gasteiger partial charge in [0, 0.05) is 15.6 Å². The summed E-state index contributed by atoms with van der Waals surface area (Å²) in [5.41, 5.74) is 0.666. The summed E-state index contributed by atoms with van der Waals surface area (Å²) in [5.74, 6) is -1.84. The van der Waals surface area contributed by atoms with E-state index < -0.39 is 17.6 Å². The molecule has 0 fully saturated rings. The maximum atomic E-state index is 14.3. The molecule has 1 heterocycles. The number of hydrogen-bond acceptors (Lipinski definition) is 4. The van der Waals surface area contributed by atoms with E-state index in [0.717, 1.165) is 21.6 Å². The van der Waals surface area contributed by atoms with Crippen molar-refractivity contribution >= 4 is 46.6 Å². The second-order valence-corrected chi connectivity index (χ2v) is 7.67. The smallest absolute Gasteiger partial charge is 0.283 e. The number of halogens is 2. The van der Waals surface area contributed by atoms with Crippen molar-refractivity contribution in [3.63, 3.8) is 0 Å². The lowest BCUT2D eigenvalue weighted by atomic mass is 10.2. The van der Waals surface area contributed by atoms with E-state index >= 15 is 0 Å². The lowest BCUT2D eigenvalue weighted by Crippen LogP contribution is -2.33. The molecule has 144 valence electrons. The van der Waals surface area contributed by atoms with Gasteiger partial charge in [0.2, 0.25) is 0 Å². The van der Waals surface area contributed by atoms with E-state index in [1.807, 2.05) is 18.2 Å². The van der Waals surface area contributed by atoms with Crippen molar-refractivity contribution in [2.75, 3.05) is 10.2 Å². The zero-order valence-corrected chi connectivity index (χ0v) is 16.5. The number of amides is 2. The molecule has 4 rings (SSSR count). The summed E-state index contributed by atoms with van der Waals surface area (Å²) in [7, 11) is 0. The van der Waals surface area contributed by atoms with Gasteiger partial charge >= 0.3 is 0 Å². The fraction of sp³-hybridized carbons (Fsp3) is 0. The first kappa shape index (κ1) is 19.2. The summed E-state index contributed by atoms with van der Waals surface area (Å²) in [6.45, 7) is 0. The van der Waals surface area contributed by atoms with E-state index in [0.29, 0.717) is 10.7 Å². The monoisotopic (exact) mass is 424 g/mol. The Labute approximate surface area is 176 Å². The van der Waals surface area contributed by atoms with E-state index in [1.54, 1.807) is 42.5 Å². The van der Waals surface area contributed by atoms with E-state index in [-0.39, 0.29) is 16.3 Å². The molecule has 0 aromatic heterocycles. The van der Waals surface area contributed by atoms with Gasteiger partial charge in [-0.25, -0.2) is 9.29 Å². The maximum Gasteiger partial charge on any atom is 0.283 e. The SMILES string of the molecule is O=C1C(Nc2ccccc2)=C(Sc2ccc(Cl)cc2)C(=O)N1c1ccccc1F. The molecule has 0 atom stereocenters. The number of anilines is 2. The summed E-state index contributed by atoms with van der Waals surface area (Å²) in [6.07, 6.45) is 0. The minimum Gasteiger partial charge on any atom is -0.350 e. The van der Waals surface area contributed by atoms with Crippen molar-refractivity contribution in [3.05, 3.63) is 100 Å². The van der Waals surface area contributed by atoms with Crippen LogP contribution in [0.5, 0.6) is 0 Å². The van der Waals surface area contributed by atoms with Gasteiger partial charge in [-0.05, 0) is 48.5 Å². The second kappa shape index (κ2) is 8.11. The van der Waals surface area contributed by atoms with Crippen LogP contribution in [0.4, 0.5) is 15.8 Å². The van der Waals surface area contributed by atoms with Crippen molar-refractivity contribution in [2.24, 2.45) is 0 Å². The van der Waals surface area contributed by atoms with Gasteiger partial charge in [0.05, 0.1) is 5.69 Å². The van der Waals surface area contributed by atoms with Crippen LogP contribution in [0.25, 0.3) is 0 Å². The van der Waals surface area contributed by atoms with Crippen LogP contribution in [0.1, 0.15) is 0 Å². The minimum absolute atomic E-state index is 0.0819. The maximum absolute atomic E-state index is 14.3. The number of hydrogen-bond donors (Lipinski definition) is 1. The van der Waals surface area contributed by atoms with Gasteiger partial charge < -0.3 is 5.32 Å². The van der Waals surface area contributed by atoms with Crippen molar-refractivity contribution in [1.82, 2.24) is 0 Å². The van der Waals surface area contributed by atoms with Crippen molar-refractivity contribution in [2.45, 2.75) is 4.90 Å². The topological polar surface area (TPSA) is 49.4 Å². The van der Waals surface area contributed by atoms with Gasteiger partial charge in [0.1, 0.15) is 16.4 Å². The average Bonchev–Trinajstić information content (AvgIpc) is 2.95. The number of carbonyl (C=O) groups is 2. The van der Waals surface area contributed by atoms with E-state index in [2.05, 4.69) is 5.32 Å². The summed E-state index contributed by atoms with van der Waals surface area (Å²) in [5, 5.41) is 3.58. The van der Waals surface area contributed by atoms with Crippen LogP contribution in [-0.2, 0) is 9.59 Å². The quantitative estimate of drug-likeness (QED) is 0.552. The van der Waals surface area contributed by atoms with Crippen LogP contribution in [-0.4, -0.2) is 11.8 Å². The van der Waals surface area contributed by atoms with Gasteiger partial charge in [0.15, 0.2) is 0 Å². The molecular formula is C22H14ClFN2O2S. The van der Waals surface area contributed by atoms with Crippen molar-refractivity contribution in [3.8, 4) is 0 Å². The van der Waals surface area contributed by atoms with Crippen LogP contribution in [0.3, 0.4) is 0 Å². The molecule has 7 heteroatoms. The molecule has 0 unspecified atom stereocenters. The highest BCUT2D eigenvalue weighted by molar-refractivity contribution is 8.04. The Balaban J connectivity index is 1.76. The molecule has 0 saturated heterocycles. The molecule has 3 aromatic rings. The number of benzene rings is 3. The van der Waals surface area contributed by atoms with Gasteiger partial charge in [-0.3, -0.25) is 9.59 Å². The van der Waals surface area contributed by atoms with Crippen molar-refractivity contribution < 1.29 is 14.0 Å². The Morgan fingerprint density at radius 3 is 2.17 bits per heavy atom. The first-order valence-corrected chi connectivity index (χ1v) is 9.87. The van der Waals surface area contributed by atoms with Gasteiger partial charge in [-0.2, -0.15) is 0 Å². The van der Waals surface area contributed by atoms with Crippen LogP contribution in [0.2, 0.25) is 5.02 Å². The molecule has 1 aliphatic rings. The zero-order valence-electron chi connectivity index (χ0n) is 14.9. The molecular weight excluding hydrogens is 411 g/mol. The lowest BCUT2D eigenvalue weighted by molar-refractivity contribution is -0.120. The molecule has 0 aliphatic carbocycles. The number of imide groups is 1. The number of rotatable bonds is 5. The molecule has 3 aromatic carbocycles. The Morgan fingerprint density at radius 2 is 1.48 bits per heavy atom. The molecule has 1 aliphatic heterocycles. The zero-order chi connectivity index (χ0) is 20.4. The molecule has 4 nitrogen and oxygen atoms in total. The molecule has 2 amide bonds. The largest absolute Gasteiger partial charge is 0.350 e. The summed E-state index contributed by atoms with van der Waals surface area (Å²) in [4.78, 5) is 28.0. The molecule has 0 radical (unpaired) electrons. The van der Waals surface area contributed by atoms with Crippen molar-refractivity contribution in [1.29, 1.82) is 0 Å². The van der Waals surface area contributed by atoms with Crippen LogP contribution in [0.15, 0.2) is 94.4 Å². The Morgan fingerprint density at radius 1 is 0.828 bits per heavy atom. The average molecular weight is 425 g/mol. The Hall–Kier alpha value is -3.09. The third-order valence-corrected chi connectivity index (χ3v) is 5.55. The number of carbonyl (C=O) groups excluding carboxylic acids is 2. The minimum atomic E-state index is -0.647. The number of nitrogens with one attached hydrogen (secondary N) is 1. The van der Waals surface area contributed by atoms with E-state index in [1.165, 1.54) is 18.2 Å². The molecule has 0 spiro atoms. The number of para-hydroxylation sites is 2. The second-order valence-electron chi connectivity index (χ2n) is 6.15. The van der Waals surface area contributed by atoms with Gasteiger partial charge in [0.25, 0.3) is 11.8 Å². The van der Waals surface area contributed by atoms with E-state index in [9.17, 15) is 14.0 Å². The molecule has 0 bridgehead atoms. The predicted molar refractivity (Wildman–Crippen MR) is 113 cm³/mol. The molecule has 1 N–H and O–H groups in total. The van der Waals surface area contributed by atoms with Crippen LogP contribution < -0.4 is 10.2 Å². The van der Waals surface area contributed by atoms with Crippen LogP contribution >= 0.6 is 23.4 Å². The molecule has 29 heavy (non-hydrogen) atoms. The normalized spacial score (nSPS) is 13.9.